The van der Waals surface area contributed by atoms with Crippen molar-refractivity contribution in [2.24, 2.45) is 5.92 Å². The summed E-state index contributed by atoms with van der Waals surface area (Å²) in [5, 5.41) is 4.73. The molecule has 1 aromatic rings. The number of piperidine rings is 1. The fourth-order valence-corrected chi connectivity index (χ4v) is 4.55. The Morgan fingerprint density at radius 2 is 2.26 bits per heavy atom. The maximum Gasteiger partial charge on any atom is 0.185 e. The summed E-state index contributed by atoms with van der Waals surface area (Å²) < 4.78 is 0. The van der Waals surface area contributed by atoms with Crippen LogP contribution in [0.15, 0.2) is 6.20 Å². The van der Waals surface area contributed by atoms with Crippen molar-refractivity contribution in [3.05, 3.63) is 11.1 Å². The standard InChI is InChI=1S/C15H25N3S/c1-2-8-16-10-13-11-17-15(19-13)18-9-4-6-12-5-3-7-14(12)18/h11-12,14,16H,2-10H2,1H3. The van der Waals surface area contributed by atoms with Gasteiger partial charge in [-0.3, -0.25) is 0 Å². The van der Waals surface area contributed by atoms with E-state index in [1.165, 1.54) is 55.1 Å². The minimum Gasteiger partial charge on any atom is -0.345 e. The van der Waals surface area contributed by atoms with Crippen molar-refractivity contribution < 1.29 is 0 Å². The molecular formula is C15H25N3S. The molecule has 0 amide bonds. The highest BCUT2D eigenvalue weighted by molar-refractivity contribution is 7.15. The van der Waals surface area contributed by atoms with E-state index >= 15 is 0 Å². The first-order valence-corrected chi connectivity index (χ1v) is 8.62. The van der Waals surface area contributed by atoms with Crippen LogP contribution in [0.5, 0.6) is 0 Å². The van der Waals surface area contributed by atoms with Gasteiger partial charge >= 0.3 is 0 Å². The molecule has 19 heavy (non-hydrogen) atoms. The lowest BCUT2D eigenvalue weighted by Crippen LogP contribution is -2.42. The zero-order valence-corrected chi connectivity index (χ0v) is 12.7. The Labute approximate surface area is 120 Å². The summed E-state index contributed by atoms with van der Waals surface area (Å²) in [5.41, 5.74) is 0. The predicted octanol–water partition coefficient (Wildman–Crippen LogP) is 3.41. The fourth-order valence-electron chi connectivity index (χ4n) is 3.59. The van der Waals surface area contributed by atoms with Crippen LogP contribution in [0.3, 0.4) is 0 Å². The van der Waals surface area contributed by atoms with Gasteiger partial charge in [0, 0.05) is 30.2 Å². The van der Waals surface area contributed by atoms with Crippen LogP contribution in [0.2, 0.25) is 0 Å². The van der Waals surface area contributed by atoms with Gasteiger partial charge in [0.1, 0.15) is 0 Å². The summed E-state index contributed by atoms with van der Waals surface area (Å²) in [6.45, 7) is 5.50. The van der Waals surface area contributed by atoms with E-state index in [4.69, 9.17) is 0 Å². The molecule has 1 saturated heterocycles. The second kappa shape index (κ2) is 6.23. The second-order valence-corrected chi connectivity index (χ2v) is 6.97. The highest BCUT2D eigenvalue weighted by Crippen LogP contribution is 2.40. The van der Waals surface area contributed by atoms with Crippen LogP contribution in [0.25, 0.3) is 0 Å². The fraction of sp³-hybridized carbons (Fsp3) is 0.800. The molecule has 1 N–H and O–H groups in total. The zero-order valence-electron chi connectivity index (χ0n) is 11.9. The smallest absolute Gasteiger partial charge is 0.185 e. The van der Waals surface area contributed by atoms with Gasteiger partial charge in [0.25, 0.3) is 0 Å². The Kier molecular flexibility index (Phi) is 4.38. The van der Waals surface area contributed by atoms with E-state index in [0.717, 1.165) is 25.0 Å². The third-order valence-corrected chi connectivity index (χ3v) is 5.54. The van der Waals surface area contributed by atoms with Crippen molar-refractivity contribution in [1.29, 1.82) is 0 Å². The van der Waals surface area contributed by atoms with Crippen molar-refractivity contribution in [3.63, 3.8) is 0 Å². The minimum atomic E-state index is 0.788. The lowest BCUT2D eigenvalue weighted by atomic mass is 9.92. The first-order chi connectivity index (χ1) is 9.38. The average molecular weight is 279 g/mol. The van der Waals surface area contributed by atoms with E-state index < -0.39 is 0 Å². The van der Waals surface area contributed by atoms with Gasteiger partial charge in [0.15, 0.2) is 5.13 Å². The minimum absolute atomic E-state index is 0.788. The third kappa shape index (κ3) is 2.95. The van der Waals surface area contributed by atoms with Gasteiger partial charge < -0.3 is 10.2 Å². The Bertz CT molecular complexity index is 404. The van der Waals surface area contributed by atoms with Crippen molar-refractivity contribution in [3.8, 4) is 0 Å². The summed E-state index contributed by atoms with van der Waals surface area (Å²) in [7, 11) is 0. The molecule has 1 aromatic heterocycles. The quantitative estimate of drug-likeness (QED) is 0.837. The predicted molar refractivity (Wildman–Crippen MR) is 81.8 cm³/mol. The molecule has 3 nitrogen and oxygen atoms in total. The van der Waals surface area contributed by atoms with E-state index in [1.807, 2.05) is 11.3 Å². The molecule has 2 fully saturated rings. The first kappa shape index (κ1) is 13.4. The van der Waals surface area contributed by atoms with E-state index in [2.05, 4.69) is 28.3 Å². The van der Waals surface area contributed by atoms with Crippen molar-refractivity contribution in [2.45, 2.75) is 58.0 Å². The number of rotatable bonds is 5. The SMILES string of the molecule is CCCNCc1cnc(N2CCCC3CCCC32)s1. The van der Waals surface area contributed by atoms with Gasteiger partial charge in [-0.2, -0.15) is 0 Å². The lowest BCUT2D eigenvalue weighted by molar-refractivity contribution is 0.362. The molecule has 106 valence electrons. The molecular weight excluding hydrogens is 254 g/mol. The van der Waals surface area contributed by atoms with Crippen LogP contribution >= 0.6 is 11.3 Å². The third-order valence-electron chi connectivity index (χ3n) is 4.51. The molecule has 1 aliphatic heterocycles. The lowest BCUT2D eigenvalue weighted by Gasteiger charge is -2.37. The van der Waals surface area contributed by atoms with Crippen LogP contribution in [0, 0.1) is 5.92 Å². The molecule has 1 saturated carbocycles. The summed E-state index contributed by atoms with van der Waals surface area (Å²) in [5.74, 6) is 0.944. The summed E-state index contributed by atoms with van der Waals surface area (Å²) in [4.78, 5) is 8.67. The number of nitrogens with zero attached hydrogens (tertiary/aromatic N) is 2. The summed E-state index contributed by atoms with van der Waals surface area (Å²) in [6.07, 6.45) is 10.3. The van der Waals surface area contributed by atoms with Gasteiger partial charge in [-0.05, 0) is 44.6 Å². The van der Waals surface area contributed by atoms with Crippen LogP contribution in [-0.4, -0.2) is 24.1 Å². The average Bonchev–Trinajstić information content (AvgIpc) is 3.07. The maximum atomic E-state index is 4.68. The molecule has 2 heterocycles. The highest BCUT2D eigenvalue weighted by Gasteiger charge is 2.36. The van der Waals surface area contributed by atoms with E-state index in [0.29, 0.717) is 0 Å². The van der Waals surface area contributed by atoms with E-state index in [9.17, 15) is 0 Å². The highest BCUT2D eigenvalue weighted by atomic mass is 32.1. The molecule has 1 aliphatic carbocycles. The molecule has 0 bridgehead atoms. The molecule has 3 rings (SSSR count). The molecule has 0 spiro atoms. The maximum absolute atomic E-state index is 4.68. The largest absolute Gasteiger partial charge is 0.345 e. The van der Waals surface area contributed by atoms with Crippen LogP contribution in [0.1, 0.15) is 50.3 Å². The number of nitrogens with one attached hydrogen (secondary N) is 1. The molecule has 4 heteroatoms. The topological polar surface area (TPSA) is 28.2 Å². The molecule has 2 unspecified atom stereocenters. The second-order valence-electron chi connectivity index (χ2n) is 5.88. The van der Waals surface area contributed by atoms with Crippen molar-refractivity contribution in [2.75, 3.05) is 18.0 Å². The summed E-state index contributed by atoms with van der Waals surface area (Å²) >= 11 is 1.89. The van der Waals surface area contributed by atoms with Crippen molar-refractivity contribution in [1.82, 2.24) is 10.3 Å². The first-order valence-electron chi connectivity index (χ1n) is 7.80. The Morgan fingerprint density at radius 1 is 1.37 bits per heavy atom. The number of aromatic nitrogens is 1. The number of hydrogen-bond donors (Lipinski definition) is 1. The number of hydrogen-bond acceptors (Lipinski definition) is 4. The number of fused-ring (bicyclic) bond motifs is 1. The Morgan fingerprint density at radius 3 is 3.16 bits per heavy atom. The van der Waals surface area contributed by atoms with Gasteiger partial charge in [-0.15, -0.1) is 11.3 Å². The monoisotopic (exact) mass is 279 g/mol. The normalized spacial score (nSPS) is 26.7. The molecule has 0 radical (unpaired) electrons. The number of thiazole rings is 1. The van der Waals surface area contributed by atoms with E-state index in [1.54, 1.807) is 0 Å². The Balaban J connectivity index is 1.64. The van der Waals surface area contributed by atoms with Crippen LogP contribution in [-0.2, 0) is 6.54 Å². The molecule has 2 aliphatic rings. The van der Waals surface area contributed by atoms with Crippen LogP contribution < -0.4 is 10.2 Å². The van der Waals surface area contributed by atoms with E-state index in [-0.39, 0.29) is 0 Å². The Hall–Kier alpha value is -0.610. The van der Waals surface area contributed by atoms with Gasteiger partial charge in [-0.1, -0.05) is 13.3 Å². The molecule has 0 aromatic carbocycles. The van der Waals surface area contributed by atoms with Gasteiger partial charge in [0.05, 0.1) is 0 Å². The van der Waals surface area contributed by atoms with Crippen molar-refractivity contribution >= 4 is 16.5 Å². The number of anilines is 1. The van der Waals surface area contributed by atoms with Crippen LogP contribution in [0.4, 0.5) is 5.13 Å². The summed E-state index contributed by atoms with van der Waals surface area (Å²) in [6, 6.07) is 0.788. The van der Waals surface area contributed by atoms with Gasteiger partial charge in [-0.25, -0.2) is 4.98 Å². The zero-order chi connectivity index (χ0) is 13.1. The van der Waals surface area contributed by atoms with Gasteiger partial charge in [0.2, 0.25) is 0 Å². The molecule has 2 atom stereocenters.